The summed E-state index contributed by atoms with van der Waals surface area (Å²) in [6, 6.07) is 25.2. The van der Waals surface area contributed by atoms with Crippen molar-refractivity contribution in [2.75, 3.05) is 73.6 Å². The lowest BCUT2D eigenvalue weighted by Gasteiger charge is -2.37. The van der Waals surface area contributed by atoms with Crippen molar-refractivity contribution >= 4 is 12.0 Å². The highest BCUT2D eigenvalue weighted by molar-refractivity contribution is 5.81. The third-order valence-electron chi connectivity index (χ3n) is 9.81. The van der Waals surface area contributed by atoms with Crippen LogP contribution < -0.4 is 31.4 Å². The van der Waals surface area contributed by atoms with E-state index in [-0.39, 0.29) is 65.8 Å². The Kier molecular flexibility index (Phi) is 18.1. The third kappa shape index (κ3) is 13.4. The van der Waals surface area contributed by atoms with Gasteiger partial charge in [0.15, 0.2) is 12.3 Å². The van der Waals surface area contributed by atoms with E-state index >= 15 is 0 Å². The van der Waals surface area contributed by atoms with Crippen LogP contribution in [0.25, 0.3) is 0 Å². The molecule has 4 aromatic rings. The van der Waals surface area contributed by atoms with Crippen LogP contribution in [0.5, 0.6) is 11.5 Å². The summed E-state index contributed by atoms with van der Waals surface area (Å²) >= 11 is 0. The highest BCUT2D eigenvalue weighted by Gasteiger charge is 2.49. The van der Waals surface area contributed by atoms with E-state index in [4.69, 9.17) is 37.9 Å². The van der Waals surface area contributed by atoms with Crippen molar-refractivity contribution in [1.82, 2.24) is 20.2 Å². The highest BCUT2D eigenvalue weighted by Crippen LogP contribution is 2.43. The maximum Gasteiger partial charge on any atom is 0.471 e. The zero-order chi connectivity index (χ0) is 45.2. The van der Waals surface area contributed by atoms with Crippen molar-refractivity contribution in [3.63, 3.8) is 0 Å². The van der Waals surface area contributed by atoms with Crippen molar-refractivity contribution in [2.24, 2.45) is 0 Å². The number of nitrogens with zero attached hydrogens (tertiary/aromatic N) is 1. The number of aliphatic hydroxyl groups is 1. The predicted octanol–water partition coefficient (Wildman–Crippen LogP) is 3.42. The molecule has 1 aliphatic heterocycles. The smallest absolute Gasteiger partial charge is 0.471 e. The zero-order valence-corrected chi connectivity index (χ0v) is 34.7. The Bertz CT molecular complexity index is 2090. The van der Waals surface area contributed by atoms with Crippen LogP contribution in [0.15, 0.2) is 101 Å². The van der Waals surface area contributed by atoms with Gasteiger partial charge in [-0.1, -0.05) is 54.6 Å². The number of aromatic nitrogens is 2. The maximum atomic E-state index is 13.1. The highest BCUT2D eigenvalue weighted by atomic mass is 19.4. The molecular formula is C43H51F3N4O13. The first kappa shape index (κ1) is 48.3. The second-order valence-electron chi connectivity index (χ2n) is 14.0. The van der Waals surface area contributed by atoms with E-state index in [1.165, 1.54) is 6.20 Å². The summed E-state index contributed by atoms with van der Waals surface area (Å²) in [5, 5.41) is 16.1. The van der Waals surface area contributed by atoms with Gasteiger partial charge in [0, 0.05) is 38.6 Å². The van der Waals surface area contributed by atoms with Gasteiger partial charge < -0.3 is 53.6 Å². The van der Waals surface area contributed by atoms with Gasteiger partial charge in [0.1, 0.15) is 29.3 Å². The summed E-state index contributed by atoms with van der Waals surface area (Å²) in [5.41, 5.74) is -0.637. The van der Waals surface area contributed by atoms with Crippen LogP contribution in [0, 0.1) is 0 Å². The molecule has 4 N–H and O–H groups in total. The molecule has 1 saturated heterocycles. The molecule has 4 atom stereocenters. The van der Waals surface area contributed by atoms with Gasteiger partial charge >= 0.3 is 23.9 Å². The van der Waals surface area contributed by atoms with Crippen LogP contribution in [0.2, 0.25) is 0 Å². The fraction of sp³-hybridized carbons (Fsp3) is 0.442. The Morgan fingerprint density at radius 1 is 0.746 bits per heavy atom. The average Bonchev–Trinajstić information content (AvgIpc) is 3.58. The normalized spacial score (nSPS) is 17.6. The van der Waals surface area contributed by atoms with Crippen molar-refractivity contribution in [1.29, 1.82) is 0 Å². The number of aromatic amines is 1. The van der Waals surface area contributed by atoms with Gasteiger partial charge in [0.25, 0.3) is 5.56 Å². The predicted molar refractivity (Wildman–Crippen MR) is 219 cm³/mol. The molecule has 0 spiro atoms. The average molecular weight is 889 g/mol. The Labute approximate surface area is 360 Å². The van der Waals surface area contributed by atoms with Crippen molar-refractivity contribution in [3.05, 3.63) is 129 Å². The third-order valence-corrected chi connectivity index (χ3v) is 9.81. The molecule has 0 bridgehead atoms. The number of carbonyl (C=O) groups excluding carboxylic acids is 2. The van der Waals surface area contributed by atoms with E-state index in [1.807, 2.05) is 54.6 Å². The molecule has 1 aromatic heterocycles. The standard InChI is InChI=1S/C43H51F3N4O13/c1-56-32-14-10-30(11-15-32)42(29-8-4-3-5-9-29,31-12-16-33(57-2)17-13-31)61-28-34-36(52)37(38(62-34)50-21-18-35(51)49-40(50)54)63-41(55)48-20-7-23-59-25-27-60-26-24-58-22-6-19-47-39(53)43(44,45)46/h3-5,8-18,21,34,36-38,52H,6-7,19-20,22-28H2,1-2H3,(H,47,53)(H,48,55)(H,49,51,54)/t34-,36-,37-,38-/m1/s1. The molecule has 3 aromatic carbocycles. The van der Waals surface area contributed by atoms with Crippen molar-refractivity contribution < 1.29 is 65.8 Å². The SMILES string of the molecule is COc1ccc(C(OC[C@H]2O[C@@H](n3ccc(=O)[nH]c3=O)[C@H](OC(=O)NCCCOCCOCCOCCCNC(=O)C(F)(F)F)[C@@H]2O)(c2ccccc2)c2ccc(OC)cc2)cc1. The molecule has 17 nitrogen and oxygen atoms in total. The first-order valence-electron chi connectivity index (χ1n) is 20.0. The summed E-state index contributed by atoms with van der Waals surface area (Å²) in [6.45, 7) is 0.985. The first-order chi connectivity index (χ1) is 30.4. The summed E-state index contributed by atoms with van der Waals surface area (Å²) in [5.74, 6) is -0.753. The quantitative estimate of drug-likeness (QED) is 0.0589. The van der Waals surface area contributed by atoms with Gasteiger partial charge in [0.05, 0.1) is 47.3 Å². The molecule has 1 fully saturated rings. The van der Waals surface area contributed by atoms with Crippen LogP contribution in [0.4, 0.5) is 18.0 Å². The molecule has 0 radical (unpaired) electrons. The zero-order valence-electron chi connectivity index (χ0n) is 34.7. The van der Waals surface area contributed by atoms with Crippen LogP contribution in [-0.4, -0.2) is 125 Å². The molecule has 1 aliphatic rings. The van der Waals surface area contributed by atoms with Crippen molar-refractivity contribution in [2.45, 2.75) is 49.2 Å². The number of aliphatic hydroxyl groups excluding tert-OH is 1. The Morgan fingerprint density at radius 2 is 1.27 bits per heavy atom. The van der Waals surface area contributed by atoms with E-state index in [9.17, 15) is 37.5 Å². The molecular weight excluding hydrogens is 837 g/mol. The van der Waals surface area contributed by atoms with Crippen LogP contribution in [-0.2, 0) is 38.8 Å². The van der Waals surface area contributed by atoms with Crippen LogP contribution in [0.1, 0.15) is 35.8 Å². The summed E-state index contributed by atoms with van der Waals surface area (Å²) in [6.07, 6.45) is -9.52. The van der Waals surface area contributed by atoms with Gasteiger partial charge in [-0.2, -0.15) is 13.2 Å². The number of hydrogen-bond acceptors (Lipinski definition) is 13. The summed E-state index contributed by atoms with van der Waals surface area (Å²) < 4.78 is 83.4. The number of ether oxygens (including phenoxy) is 8. The number of H-pyrrole nitrogens is 1. The number of alkyl halides is 3. The first-order valence-corrected chi connectivity index (χ1v) is 20.0. The molecule has 342 valence electrons. The van der Waals surface area contributed by atoms with Gasteiger partial charge in [-0.15, -0.1) is 0 Å². The van der Waals surface area contributed by atoms with E-state index < -0.39 is 59.6 Å². The minimum Gasteiger partial charge on any atom is -0.497 e. The number of halogens is 3. The minimum absolute atomic E-state index is 0.125. The number of rotatable bonds is 24. The second kappa shape index (κ2) is 23.6. The topological polar surface area (TPSA) is 207 Å². The van der Waals surface area contributed by atoms with E-state index in [2.05, 4.69) is 10.3 Å². The fourth-order valence-electron chi connectivity index (χ4n) is 6.66. The van der Waals surface area contributed by atoms with E-state index in [0.29, 0.717) is 29.0 Å². The molecule has 0 saturated carbocycles. The molecule has 0 aliphatic carbocycles. The van der Waals surface area contributed by atoms with Gasteiger partial charge in [0.2, 0.25) is 0 Å². The number of amides is 2. The Morgan fingerprint density at radius 3 is 1.79 bits per heavy atom. The second-order valence-corrected chi connectivity index (χ2v) is 14.0. The van der Waals surface area contributed by atoms with Gasteiger partial charge in [-0.25, -0.2) is 9.59 Å². The van der Waals surface area contributed by atoms with Crippen LogP contribution in [0.3, 0.4) is 0 Å². The molecule has 2 heterocycles. The van der Waals surface area contributed by atoms with Crippen molar-refractivity contribution in [3.8, 4) is 11.5 Å². The Balaban J connectivity index is 1.17. The number of benzene rings is 3. The molecule has 0 unspecified atom stereocenters. The Hall–Kier alpha value is -5.77. The van der Waals surface area contributed by atoms with E-state index in [1.54, 1.807) is 43.8 Å². The van der Waals surface area contributed by atoms with Gasteiger partial charge in [-0.3, -0.25) is 19.1 Å². The summed E-state index contributed by atoms with van der Waals surface area (Å²) in [4.78, 5) is 50.9. The van der Waals surface area contributed by atoms with Crippen LogP contribution >= 0.6 is 0 Å². The largest absolute Gasteiger partial charge is 0.497 e. The number of nitrogens with one attached hydrogen (secondary N) is 3. The minimum atomic E-state index is -4.92. The number of hydrogen-bond donors (Lipinski definition) is 4. The molecule has 20 heteroatoms. The number of methoxy groups -OCH3 is 2. The molecule has 5 rings (SSSR count). The lowest BCUT2D eigenvalue weighted by molar-refractivity contribution is -0.173. The fourth-order valence-corrected chi connectivity index (χ4v) is 6.66. The van der Waals surface area contributed by atoms with E-state index in [0.717, 1.165) is 16.2 Å². The maximum absolute atomic E-state index is 13.1. The molecule has 2 amide bonds. The van der Waals surface area contributed by atoms with Gasteiger partial charge in [-0.05, 0) is 53.8 Å². The number of carbonyl (C=O) groups is 2. The monoisotopic (exact) mass is 888 g/mol. The number of alkyl carbamates (subject to hydrolysis) is 1. The molecule has 63 heavy (non-hydrogen) atoms. The summed E-state index contributed by atoms with van der Waals surface area (Å²) in [7, 11) is 3.13. The lowest BCUT2D eigenvalue weighted by Crippen LogP contribution is -2.43. The lowest BCUT2D eigenvalue weighted by atomic mass is 9.80.